The van der Waals surface area contributed by atoms with Gasteiger partial charge in [0, 0.05) is 37.2 Å². The molecule has 1 atom stereocenters. The van der Waals surface area contributed by atoms with E-state index in [2.05, 4.69) is 30.1 Å². The molecule has 2 aliphatic rings. The first kappa shape index (κ1) is 15.6. The maximum absolute atomic E-state index is 11.0. The average Bonchev–Trinajstić information content (AvgIpc) is 2.87. The van der Waals surface area contributed by atoms with Crippen molar-refractivity contribution in [2.75, 3.05) is 19.6 Å². The minimum Gasteiger partial charge on any atom is -0.469 e. The van der Waals surface area contributed by atoms with Crippen molar-refractivity contribution >= 4 is 5.91 Å². The highest BCUT2D eigenvalue weighted by atomic mass is 16.3. The Kier molecular flexibility index (Phi) is 4.28. The first-order valence-corrected chi connectivity index (χ1v) is 8.26. The van der Waals surface area contributed by atoms with Gasteiger partial charge in [0.1, 0.15) is 5.76 Å². The van der Waals surface area contributed by atoms with Crippen molar-refractivity contribution in [1.82, 2.24) is 10.2 Å². The third kappa shape index (κ3) is 3.52. The molecule has 0 aromatic carbocycles. The lowest BCUT2D eigenvalue weighted by Crippen LogP contribution is -2.47. The van der Waals surface area contributed by atoms with Crippen LogP contribution < -0.4 is 11.1 Å². The minimum absolute atomic E-state index is 0.233. The summed E-state index contributed by atoms with van der Waals surface area (Å²) in [7, 11) is 0. The molecule has 0 saturated carbocycles. The van der Waals surface area contributed by atoms with Crippen LogP contribution in [0.4, 0.5) is 0 Å². The van der Waals surface area contributed by atoms with E-state index in [1.807, 2.05) is 6.26 Å². The SMILES string of the molecule is CC1(C)Cc2occc2[C@@H](NC2CCN(CC(N)=O)CC2)C1. The molecule has 0 spiro atoms. The van der Waals surface area contributed by atoms with E-state index in [0.29, 0.717) is 18.6 Å². The number of likely N-dealkylation sites (tertiary alicyclic amines) is 1. The lowest BCUT2D eigenvalue weighted by Gasteiger charge is -2.39. The zero-order chi connectivity index (χ0) is 15.7. The van der Waals surface area contributed by atoms with Gasteiger partial charge in [0.15, 0.2) is 0 Å². The molecule has 122 valence electrons. The molecule has 1 aromatic heterocycles. The highest BCUT2D eigenvalue weighted by Gasteiger charge is 2.35. The Hall–Kier alpha value is -1.33. The fourth-order valence-electron chi connectivity index (χ4n) is 3.89. The third-order valence-electron chi connectivity index (χ3n) is 4.96. The van der Waals surface area contributed by atoms with E-state index in [0.717, 1.165) is 44.5 Å². The number of carbonyl (C=O) groups excluding carboxylic acids is 1. The topological polar surface area (TPSA) is 71.5 Å². The van der Waals surface area contributed by atoms with Crippen molar-refractivity contribution in [3.8, 4) is 0 Å². The first-order valence-electron chi connectivity index (χ1n) is 8.26. The van der Waals surface area contributed by atoms with Crippen molar-refractivity contribution in [3.05, 3.63) is 23.7 Å². The predicted molar refractivity (Wildman–Crippen MR) is 85.3 cm³/mol. The van der Waals surface area contributed by atoms with Gasteiger partial charge in [-0.2, -0.15) is 0 Å². The van der Waals surface area contributed by atoms with E-state index in [-0.39, 0.29) is 11.3 Å². The number of nitrogens with two attached hydrogens (primary N) is 1. The zero-order valence-electron chi connectivity index (χ0n) is 13.6. The number of fused-ring (bicyclic) bond motifs is 1. The van der Waals surface area contributed by atoms with E-state index in [1.54, 1.807) is 0 Å². The largest absolute Gasteiger partial charge is 0.469 e. The molecule has 2 heterocycles. The van der Waals surface area contributed by atoms with E-state index in [1.165, 1.54) is 5.56 Å². The number of hydrogen-bond acceptors (Lipinski definition) is 4. The lowest BCUT2D eigenvalue weighted by molar-refractivity contribution is -0.119. The van der Waals surface area contributed by atoms with Crippen LogP contribution in [-0.2, 0) is 11.2 Å². The summed E-state index contributed by atoms with van der Waals surface area (Å²) >= 11 is 0. The van der Waals surface area contributed by atoms with Crippen LogP contribution in [-0.4, -0.2) is 36.5 Å². The van der Waals surface area contributed by atoms with Crippen LogP contribution in [0.15, 0.2) is 16.7 Å². The molecule has 0 radical (unpaired) electrons. The van der Waals surface area contributed by atoms with E-state index < -0.39 is 0 Å². The van der Waals surface area contributed by atoms with Crippen molar-refractivity contribution in [3.63, 3.8) is 0 Å². The van der Waals surface area contributed by atoms with Gasteiger partial charge in [0.25, 0.3) is 0 Å². The predicted octanol–water partition coefficient (Wildman–Crippen LogP) is 1.83. The Bertz CT molecular complexity index is 530. The van der Waals surface area contributed by atoms with Gasteiger partial charge in [-0.1, -0.05) is 13.8 Å². The highest BCUT2D eigenvalue weighted by molar-refractivity contribution is 5.75. The zero-order valence-corrected chi connectivity index (χ0v) is 13.6. The Morgan fingerprint density at radius 2 is 2.18 bits per heavy atom. The molecule has 0 bridgehead atoms. The smallest absolute Gasteiger partial charge is 0.231 e. The standard InChI is InChI=1S/C17H27N3O2/c1-17(2)9-14(13-5-8-22-15(13)10-17)19-12-3-6-20(7-4-12)11-16(18)21/h5,8,12,14,19H,3-4,6-7,9-11H2,1-2H3,(H2,18,21)/t14-/m0/s1. The molecule has 0 unspecified atom stereocenters. The summed E-state index contributed by atoms with van der Waals surface area (Å²) in [4.78, 5) is 13.1. The number of carbonyl (C=O) groups is 1. The van der Waals surface area contributed by atoms with Crippen molar-refractivity contribution < 1.29 is 9.21 Å². The van der Waals surface area contributed by atoms with Crippen LogP contribution in [0, 0.1) is 5.41 Å². The van der Waals surface area contributed by atoms with Crippen LogP contribution in [0.3, 0.4) is 0 Å². The summed E-state index contributed by atoms with van der Waals surface area (Å²) in [5.41, 5.74) is 6.88. The number of rotatable bonds is 4. The fourth-order valence-corrected chi connectivity index (χ4v) is 3.89. The second kappa shape index (κ2) is 6.05. The average molecular weight is 305 g/mol. The fraction of sp³-hybridized carbons (Fsp3) is 0.706. The number of nitrogens with zero attached hydrogens (tertiary/aromatic N) is 1. The van der Waals surface area contributed by atoms with Crippen LogP contribution >= 0.6 is 0 Å². The van der Waals surface area contributed by atoms with Gasteiger partial charge in [-0.15, -0.1) is 0 Å². The van der Waals surface area contributed by atoms with Gasteiger partial charge in [0.2, 0.25) is 5.91 Å². The van der Waals surface area contributed by atoms with E-state index >= 15 is 0 Å². The van der Waals surface area contributed by atoms with Crippen LogP contribution in [0.5, 0.6) is 0 Å². The molecule has 3 rings (SSSR count). The van der Waals surface area contributed by atoms with E-state index in [4.69, 9.17) is 10.2 Å². The summed E-state index contributed by atoms with van der Waals surface area (Å²) in [5.74, 6) is 0.906. The first-order chi connectivity index (χ1) is 10.4. The van der Waals surface area contributed by atoms with Gasteiger partial charge in [-0.05, 0) is 30.7 Å². The molecule has 1 aliphatic carbocycles. The molecule has 1 amide bonds. The van der Waals surface area contributed by atoms with Gasteiger partial charge in [-0.25, -0.2) is 0 Å². The molecular weight excluding hydrogens is 278 g/mol. The number of nitrogens with one attached hydrogen (secondary N) is 1. The van der Waals surface area contributed by atoms with E-state index in [9.17, 15) is 4.79 Å². The molecule has 22 heavy (non-hydrogen) atoms. The molecular formula is C17H27N3O2. The normalized spacial score (nSPS) is 25.8. The number of furan rings is 1. The summed E-state index contributed by atoms with van der Waals surface area (Å²) in [6.45, 7) is 6.88. The van der Waals surface area contributed by atoms with Crippen LogP contribution in [0.1, 0.15) is 50.5 Å². The number of primary amides is 1. The number of hydrogen-bond donors (Lipinski definition) is 2. The van der Waals surface area contributed by atoms with Crippen molar-refractivity contribution in [1.29, 1.82) is 0 Å². The Morgan fingerprint density at radius 3 is 2.86 bits per heavy atom. The lowest BCUT2D eigenvalue weighted by atomic mass is 9.74. The second-order valence-electron chi connectivity index (χ2n) is 7.58. The third-order valence-corrected chi connectivity index (χ3v) is 4.96. The Balaban J connectivity index is 1.59. The molecule has 1 aromatic rings. The highest BCUT2D eigenvalue weighted by Crippen LogP contribution is 2.41. The summed E-state index contributed by atoms with van der Waals surface area (Å²) in [6.07, 6.45) is 6.11. The minimum atomic E-state index is -0.233. The number of amides is 1. The van der Waals surface area contributed by atoms with Crippen LogP contribution in [0.25, 0.3) is 0 Å². The Labute approximate surface area is 132 Å². The van der Waals surface area contributed by atoms with Gasteiger partial charge in [0.05, 0.1) is 12.8 Å². The van der Waals surface area contributed by atoms with Crippen molar-refractivity contribution in [2.24, 2.45) is 11.1 Å². The summed E-state index contributed by atoms with van der Waals surface area (Å²) in [5, 5.41) is 3.83. The van der Waals surface area contributed by atoms with Gasteiger partial charge in [-0.3, -0.25) is 9.69 Å². The molecule has 1 aliphatic heterocycles. The van der Waals surface area contributed by atoms with Gasteiger partial charge >= 0.3 is 0 Å². The van der Waals surface area contributed by atoms with Gasteiger partial charge < -0.3 is 15.5 Å². The summed E-state index contributed by atoms with van der Waals surface area (Å²) in [6, 6.07) is 3.00. The summed E-state index contributed by atoms with van der Waals surface area (Å²) < 4.78 is 5.67. The van der Waals surface area contributed by atoms with Crippen LogP contribution in [0.2, 0.25) is 0 Å². The quantitative estimate of drug-likeness (QED) is 0.890. The molecule has 1 fully saturated rings. The monoisotopic (exact) mass is 305 g/mol. The maximum Gasteiger partial charge on any atom is 0.231 e. The molecule has 5 heteroatoms. The molecule has 1 saturated heterocycles. The van der Waals surface area contributed by atoms with Crippen molar-refractivity contribution in [2.45, 2.75) is 51.6 Å². The second-order valence-corrected chi connectivity index (χ2v) is 7.58. The Morgan fingerprint density at radius 1 is 1.45 bits per heavy atom. The maximum atomic E-state index is 11.0. The molecule has 3 N–H and O–H groups in total. The molecule has 5 nitrogen and oxygen atoms in total. The number of piperidine rings is 1.